The molecule has 1 aliphatic rings. The number of rotatable bonds is 5. The van der Waals surface area contributed by atoms with Crippen molar-refractivity contribution in [2.24, 2.45) is 5.73 Å². The van der Waals surface area contributed by atoms with Crippen molar-refractivity contribution in [3.05, 3.63) is 16.4 Å². The number of ether oxygens (including phenoxy) is 1. The van der Waals surface area contributed by atoms with Gasteiger partial charge in [-0.3, -0.25) is 4.68 Å². The van der Waals surface area contributed by atoms with Crippen molar-refractivity contribution in [2.45, 2.75) is 57.7 Å². The number of nitrogens with two attached hydrogens (primary N) is 1. The van der Waals surface area contributed by atoms with E-state index < -0.39 is 0 Å². The van der Waals surface area contributed by atoms with Crippen molar-refractivity contribution in [1.82, 2.24) is 9.78 Å². The lowest BCUT2D eigenvalue weighted by atomic mass is 10.0. The maximum atomic E-state index is 6.29. The lowest BCUT2D eigenvalue weighted by Crippen LogP contribution is -2.22. The van der Waals surface area contributed by atoms with Crippen molar-refractivity contribution in [3.63, 3.8) is 0 Å². The highest BCUT2D eigenvalue weighted by atomic mass is 79.9. The van der Waals surface area contributed by atoms with E-state index in [0.29, 0.717) is 6.10 Å². The molecule has 0 saturated carbocycles. The first-order chi connectivity index (χ1) is 8.72. The van der Waals surface area contributed by atoms with Crippen LogP contribution in [0.1, 0.15) is 50.8 Å². The van der Waals surface area contributed by atoms with Gasteiger partial charge in [-0.1, -0.05) is 0 Å². The Morgan fingerprint density at radius 2 is 2.44 bits per heavy atom. The van der Waals surface area contributed by atoms with E-state index in [1.54, 1.807) is 0 Å². The van der Waals surface area contributed by atoms with Crippen LogP contribution in [0.5, 0.6) is 0 Å². The standard InChI is InChI=1S/C13H22BrN3O/c1-2-17-13(11(14)9-16-17)12(15)7-6-10-5-3-4-8-18-10/h9-10,12H,2-8,15H2,1H3. The van der Waals surface area contributed by atoms with Crippen LogP contribution >= 0.6 is 15.9 Å². The van der Waals surface area contributed by atoms with Crippen LogP contribution in [0.25, 0.3) is 0 Å². The summed E-state index contributed by atoms with van der Waals surface area (Å²) >= 11 is 3.53. The van der Waals surface area contributed by atoms with Crippen molar-refractivity contribution in [3.8, 4) is 0 Å². The Kier molecular flexibility index (Phi) is 5.21. The maximum absolute atomic E-state index is 6.29. The first kappa shape index (κ1) is 14.0. The summed E-state index contributed by atoms with van der Waals surface area (Å²) in [5, 5.41) is 4.31. The number of nitrogens with zero attached hydrogens (tertiary/aromatic N) is 2. The van der Waals surface area contributed by atoms with Crippen molar-refractivity contribution in [1.29, 1.82) is 0 Å². The molecule has 1 fully saturated rings. The van der Waals surface area contributed by atoms with E-state index in [0.717, 1.165) is 36.2 Å². The normalized spacial score (nSPS) is 22.1. The molecule has 2 heterocycles. The SMILES string of the molecule is CCn1ncc(Br)c1C(N)CCC1CCCCO1. The minimum absolute atomic E-state index is 0.0346. The Balaban J connectivity index is 1.90. The molecular weight excluding hydrogens is 294 g/mol. The highest BCUT2D eigenvalue weighted by molar-refractivity contribution is 9.10. The molecule has 1 aromatic rings. The Morgan fingerprint density at radius 3 is 3.11 bits per heavy atom. The molecule has 1 aliphatic heterocycles. The molecular formula is C13H22BrN3O. The largest absolute Gasteiger partial charge is 0.378 e. The quantitative estimate of drug-likeness (QED) is 0.908. The lowest BCUT2D eigenvalue weighted by Gasteiger charge is -2.24. The molecule has 102 valence electrons. The zero-order chi connectivity index (χ0) is 13.0. The molecule has 2 unspecified atom stereocenters. The average molecular weight is 316 g/mol. The van der Waals surface area contributed by atoms with Crippen LogP contribution in [0.4, 0.5) is 0 Å². The van der Waals surface area contributed by atoms with E-state index >= 15 is 0 Å². The predicted octanol–water partition coefficient (Wildman–Crippen LogP) is 3.01. The van der Waals surface area contributed by atoms with Crippen LogP contribution in [0, 0.1) is 0 Å². The summed E-state index contributed by atoms with van der Waals surface area (Å²) < 4.78 is 8.73. The van der Waals surface area contributed by atoms with E-state index in [1.807, 2.05) is 10.9 Å². The van der Waals surface area contributed by atoms with Gasteiger partial charge in [0.15, 0.2) is 0 Å². The van der Waals surface area contributed by atoms with E-state index in [2.05, 4.69) is 28.0 Å². The Hall–Kier alpha value is -0.390. The fourth-order valence-corrected chi connectivity index (χ4v) is 3.12. The van der Waals surface area contributed by atoms with Gasteiger partial charge < -0.3 is 10.5 Å². The van der Waals surface area contributed by atoms with Crippen molar-refractivity contribution in [2.75, 3.05) is 6.61 Å². The second-order valence-corrected chi connectivity index (χ2v) is 5.72. The number of aromatic nitrogens is 2. The highest BCUT2D eigenvalue weighted by Crippen LogP contribution is 2.27. The van der Waals surface area contributed by atoms with E-state index in [4.69, 9.17) is 10.5 Å². The first-order valence-corrected chi connectivity index (χ1v) is 7.60. The molecule has 1 aromatic heterocycles. The summed E-state index contributed by atoms with van der Waals surface area (Å²) in [6.45, 7) is 3.85. The Morgan fingerprint density at radius 1 is 1.61 bits per heavy atom. The predicted molar refractivity (Wildman–Crippen MR) is 75.4 cm³/mol. The van der Waals surface area contributed by atoms with Crippen LogP contribution in [-0.4, -0.2) is 22.5 Å². The number of halogens is 1. The molecule has 2 atom stereocenters. The topological polar surface area (TPSA) is 53.1 Å². The second kappa shape index (κ2) is 6.68. The van der Waals surface area contributed by atoms with Gasteiger partial charge in [-0.05, 0) is 55.0 Å². The molecule has 0 radical (unpaired) electrons. The Bertz CT molecular complexity index is 374. The molecule has 4 nitrogen and oxygen atoms in total. The van der Waals surface area contributed by atoms with E-state index in [1.165, 1.54) is 19.3 Å². The minimum atomic E-state index is 0.0346. The van der Waals surface area contributed by atoms with Gasteiger partial charge in [0.1, 0.15) is 0 Å². The Labute approximate surface area is 117 Å². The molecule has 0 spiro atoms. The average Bonchev–Trinajstić information content (AvgIpc) is 2.78. The van der Waals surface area contributed by atoms with Gasteiger partial charge in [0.05, 0.1) is 22.5 Å². The van der Waals surface area contributed by atoms with Gasteiger partial charge in [-0.15, -0.1) is 0 Å². The molecule has 2 N–H and O–H groups in total. The van der Waals surface area contributed by atoms with Crippen LogP contribution < -0.4 is 5.73 Å². The minimum Gasteiger partial charge on any atom is -0.378 e. The van der Waals surface area contributed by atoms with Crippen LogP contribution in [0.3, 0.4) is 0 Å². The van der Waals surface area contributed by atoms with Crippen LogP contribution in [-0.2, 0) is 11.3 Å². The molecule has 0 aromatic carbocycles. The summed E-state index contributed by atoms with van der Waals surface area (Å²) in [7, 11) is 0. The monoisotopic (exact) mass is 315 g/mol. The zero-order valence-electron chi connectivity index (χ0n) is 10.9. The third-order valence-electron chi connectivity index (χ3n) is 3.56. The van der Waals surface area contributed by atoms with Gasteiger partial charge in [-0.2, -0.15) is 5.10 Å². The smallest absolute Gasteiger partial charge is 0.0693 e. The highest BCUT2D eigenvalue weighted by Gasteiger charge is 2.19. The van der Waals surface area contributed by atoms with Crippen LogP contribution in [0.15, 0.2) is 10.7 Å². The van der Waals surface area contributed by atoms with Gasteiger partial charge in [-0.25, -0.2) is 0 Å². The molecule has 1 saturated heterocycles. The molecule has 2 rings (SSSR count). The maximum Gasteiger partial charge on any atom is 0.0693 e. The van der Waals surface area contributed by atoms with E-state index in [9.17, 15) is 0 Å². The molecule has 18 heavy (non-hydrogen) atoms. The third kappa shape index (κ3) is 3.33. The van der Waals surface area contributed by atoms with Crippen molar-refractivity contribution < 1.29 is 4.74 Å². The third-order valence-corrected chi connectivity index (χ3v) is 4.17. The summed E-state index contributed by atoms with van der Waals surface area (Å²) in [5.74, 6) is 0. The van der Waals surface area contributed by atoms with E-state index in [-0.39, 0.29) is 6.04 Å². The zero-order valence-corrected chi connectivity index (χ0v) is 12.5. The first-order valence-electron chi connectivity index (χ1n) is 6.80. The number of aryl methyl sites for hydroxylation is 1. The molecule has 0 aliphatic carbocycles. The van der Waals surface area contributed by atoms with Crippen molar-refractivity contribution >= 4 is 15.9 Å². The molecule has 0 bridgehead atoms. The summed E-state index contributed by atoms with van der Waals surface area (Å²) in [6, 6.07) is 0.0346. The molecule has 0 amide bonds. The second-order valence-electron chi connectivity index (χ2n) is 4.87. The summed E-state index contributed by atoms with van der Waals surface area (Å²) in [5.41, 5.74) is 7.39. The number of hydrogen-bond donors (Lipinski definition) is 1. The van der Waals surface area contributed by atoms with Gasteiger partial charge in [0.2, 0.25) is 0 Å². The molecule has 5 heteroatoms. The van der Waals surface area contributed by atoms with Gasteiger partial charge >= 0.3 is 0 Å². The van der Waals surface area contributed by atoms with Crippen LogP contribution in [0.2, 0.25) is 0 Å². The van der Waals surface area contributed by atoms with Gasteiger partial charge in [0, 0.05) is 19.2 Å². The number of hydrogen-bond acceptors (Lipinski definition) is 3. The fraction of sp³-hybridized carbons (Fsp3) is 0.769. The lowest BCUT2D eigenvalue weighted by molar-refractivity contribution is 0.00900. The summed E-state index contributed by atoms with van der Waals surface area (Å²) in [4.78, 5) is 0. The summed E-state index contributed by atoms with van der Waals surface area (Å²) in [6.07, 6.45) is 7.91. The van der Waals surface area contributed by atoms with Gasteiger partial charge in [0.25, 0.3) is 0 Å². The fourth-order valence-electron chi connectivity index (χ4n) is 2.53.